The third-order valence-corrected chi connectivity index (χ3v) is 8.09. The highest BCUT2D eigenvalue weighted by Crippen LogP contribution is 2.36. The Bertz CT molecular complexity index is 1570. The number of para-hydroxylation sites is 1. The van der Waals surface area contributed by atoms with E-state index in [-0.39, 0.29) is 23.9 Å². The lowest BCUT2D eigenvalue weighted by molar-refractivity contribution is 0.390. The van der Waals surface area contributed by atoms with Gasteiger partial charge >= 0.3 is 0 Å². The van der Waals surface area contributed by atoms with E-state index in [1.54, 1.807) is 50.4 Å². The maximum Gasteiger partial charge on any atom is 0.250 e. The van der Waals surface area contributed by atoms with Crippen molar-refractivity contribution in [1.29, 1.82) is 0 Å². The predicted molar refractivity (Wildman–Crippen MR) is 142 cm³/mol. The van der Waals surface area contributed by atoms with Crippen molar-refractivity contribution in [3.8, 4) is 17.2 Å². The second-order valence-corrected chi connectivity index (χ2v) is 10.8. The fourth-order valence-electron chi connectivity index (χ4n) is 3.77. The number of nitrogens with one attached hydrogen (secondary N) is 1. The highest BCUT2D eigenvalue weighted by molar-refractivity contribution is 7.93. The van der Waals surface area contributed by atoms with Crippen molar-refractivity contribution in [2.45, 2.75) is 31.6 Å². The Kier molecular flexibility index (Phi) is 7.97. The molecule has 0 bridgehead atoms. The fourth-order valence-corrected chi connectivity index (χ4v) is 5.10. The average molecular weight is 560 g/mol. The quantitative estimate of drug-likeness (QED) is 0.310. The van der Waals surface area contributed by atoms with E-state index in [4.69, 9.17) is 21.1 Å². The molecule has 0 saturated heterocycles. The van der Waals surface area contributed by atoms with Crippen LogP contribution in [0, 0.1) is 0 Å². The normalized spacial score (nSPS) is 13.1. The van der Waals surface area contributed by atoms with E-state index < -0.39 is 21.2 Å². The van der Waals surface area contributed by atoms with E-state index in [2.05, 4.69) is 24.9 Å². The molecule has 0 spiro atoms. The Morgan fingerprint density at radius 2 is 1.66 bits per heavy atom. The number of methoxy groups -OCH3 is 2. The summed E-state index contributed by atoms with van der Waals surface area (Å²) in [5, 5.41) is 7.72. The summed E-state index contributed by atoms with van der Waals surface area (Å²) < 4.78 is 43.5. The van der Waals surface area contributed by atoms with Crippen LogP contribution in [0.15, 0.2) is 59.8 Å². The van der Waals surface area contributed by atoms with Gasteiger partial charge in [0.2, 0.25) is 16.0 Å². The molecule has 4 rings (SSSR count). The summed E-state index contributed by atoms with van der Waals surface area (Å²) in [6.07, 6.45) is 4.42. The molecule has 200 valence electrons. The third kappa shape index (κ3) is 5.48. The number of hydrogen-bond donors (Lipinski definition) is 1. The molecule has 4 aromatic rings. The first kappa shape index (κ1) is 27.1. The van der Waals surface area contributed by atoms with E-state index in [1.165, 1.54) is 41.8 Å². The summed E-state index contributed by atoms with van der Waals surface area (Å²) in [6.45, 7) is 3.24. The number of sulfonamides is 1. The molecule has 0 fully saturated rings. The minimum absolute atomic E-state index is 0.000173. The lowest BCUT2D eigenvalue weighted by Gasteiger charge is -2.21. The van der Waals surface area contributed by atoms with Gasteiger partial charge in [0, 0.05) is 30.6 Å². The largest absolute Gasteiger partial charge is 0.494 e. The SMILES string of the molecule is COc1cccc(OC)c1-n1c(Cn2ccccc2=O)nnc1NS(=O)(=O)[C@@H](C)[C@H](C)c1ncc(Cl)cn1. The van der Waals surface area contributed by atoms with Crippen molar-refractivity contribution in [3.63, 3.8) is 0 Å². The summed E-state index contributed by atoms with van der Waals surface area (Å²) in [5.74, 6) is 0.654. The van der Waals surface area contributed by atoms with Crippen LogP contribution in [0.3, 0.4) is 0 Å². The molecule has 0 aliphatic heterocycles. The number of anilines is 1. The van der Waals surface area contributed by atoms with Gasteiger partial charge in [0.05, 0.1) is 31.0 Å². The van der Waals surface area contributed by atoms with Gasteiger partial charge in [-0.15, -0.1) is 10.2 Å². The van der Waals surface area contributed by atoms with E-state index >= 15 is 0 Å². The van der Waals surface area contributed by atoms with Gasteiger partial charge in [0.1, 0.15) is 23.0 Å². The van der Waals surface area contributed by atoms with Crippen molar-refractivity contribution >= 4 is 27.6 Å². The van der Waals surface area contributed by atoms with Gasteiger partial charge in [-0.3, -0.25) is 14.1 Å². The first-order chi connectivity index (χ1) is 18.2. The number of benzene rings is 1. The summed E-state index contributed by atoms with van der Waals surface area (Å²) in [5.41, 5.74) is 0.0995. The van der Waals surface area contributed by atoms with Gasteiger partial charge in [-0.2, -0.15) is 0 Å². The lowest BCUT2D eigenvalue weighted by Crippen LogP contribution is -2.31. The zero-order valence-electron chi connectivity index (χ0n) is 21.1. The van der Waals surface area contributed by atoms with Crippen LogP contribution in [-0.2, 0) is 16.6 Å². The minimum atomic E-state index is -4.04. The van der Waals surface area contributed by atoms with Gasteiger partial charge in [0.25, 0.3) is 5.56 Å². The highest BCUT2D eigenvalue weighted by Gasteiger charge is 2.32. The van der Waals surface area contributed by atoms with Crippen molar-refractivity contribution in [2.24, 2.45) is 0 Å². The maximum atomic E-state index is 13.5. The second kappa shape index (κ2) is 11.2. The van der Waals surface area contributed by atoms with E-state index in [0.717, 1.165) is 0 Å². The zero-order valence-corrected chi connectivity index (χ0v) is 22.6. The Morgan fingerprint density at radius 3 is 2.26 bits per heavy atom. The van der Waals surface area contributed by atoms with Crippen LogP contribution in [0.4, 0.5) is 5.95 Å². The first-order valence-corrected chi connectivity index (χ1v) is 13.4. The van der Waals surface area contributed by atoms with Gasteiger partial charge in [0.15, 0.2) is 5.82 Å². The van der Waals surface area contributed by atoms with Crippen LogP contribution >= 0.6 is 11.6 Å². The monoisotopic (exact) mass is 559 g/mol. The molecule has 0 aliphatic carbocycles. The zero-order chi connectivity index (χ0) is 27.4. The minimum Gasteiger partial charge on any atom is -0.494 e. The standard InChI is InChI=1S/C24H26ClN7O5S/c1-15(23-26-12-17(25)13-27-23)16(2)38(34,35)30-24-29-28-20(14-31-11-6-5-10-21(31)33)32(24)22-18(36-3)8-7-9-19(22)37-4/h5-13,15-16H,14H2,1-4H3,(H,29,30)/t15-,16-/m0/s1. The van der Waals surface area contributed by atoms with Gasteiger partial charge in [-0.25, -0.2) is 18.4 Å². The molecule has 38 heavy (non-hydrogen) atoms. The number of ether oxygens (including phenoxy) is 2. The Hall–Kier alpha value is -3.97. The molecule has 0 saturated carbocycles. The molecular formula is C24H26ClN7O5S. The van der Waals surface area contributed by atoms with E-state index in [1.807, 2.05) is 0 Å². The number of aromatic nitrogens is 6. The van der Waals surface area contributed by atoms with Crippen molar-refractivity contribution < 1.29 is 17.9 Å². The number of pyridine rings is 1. The lowest BCUT2D eigenvalue weighted by atomic mass is 10.1. The summed E-state index contributed by atoms with van der Waals surface area (Å²) in [4.78, 5) is 20.7. The topological polar surface area (TPSA) is 143 Å². The smallest absolute Gasteiger partial charge is 0.250 e. The van der Waals surface area contributed by atoms with E-state index in [0.29, 0.717) is 28.0 Å². The molecule has 0 aliphatic rings. The molecule has 2 atom stereocenters. The van der Waals surface area contributed by atoms with Crippen LogP contribution in [0.5, 0.6) is 11.5 Å². The van der Waals surface area contributed by atoms with Crippen molar-refractivity contribution in [1.82, 2.24) is 29.3 Å². The highest BCUT2D eigenvalue weighted by atomic mass is 35.5. The Morgan fingerprint density at radius 1 is 1.00 bits per heavy atom. The molecule has 14 heteroatoms. The van der Waals surface area contributed by atoms with Gasteiger partial charge in [-0.05, 0) is 25.1 Å². The number of rotatable bonds is 10. The first-order valence-electron chi connectivity index (χ1n) is 11.5. The Labute approximate surface area is 224 Å². The third-order valence-electron chi connectivity index (χ3n) is 6.04. The molecule has 1 N–H and O–H groups in total. The molecule has 1 aromatic carbocycles. The summed E-state index contributed by atoms with van der Waals surface area (Å²) in [6, 6.07) is 9.85. The second-order valence-electron chi connectivity index (χ2n) is 8.35. The van der Waals surface area contributed by atoms with Gasteiger partial charge < -0.3 is 14.0 Å². The summed E-state index contributed by atoms with van der Waals surface area (Å²) >= 11 is 5.87. The number of hydrogen-bond acceptors (Lipinski definition) is 9. The molecule has 3 heterocycles. The number of halogens is 1. The fraction of sp³-hybridized carbons (Fsp3) is 0.292. The van der Waals surface area contributed by atoms with Crippen molar-refractivity contribution in [2.75, 3.05) is 18.9 Å². The molecule has 3 aromatic heterocycles. The molecule has 0 amide bonds. The average Bonchev–Trinajstić information content (AvgIpc) is 3.29. The summed E-state index contributed by atoms with van der Waals surface area (Å²) in [7, 11) is -1.09. The van der Waals surface area contributed by atoms with Crippen LogP contribution in [0.1, 0.15) is 31.4 Å². The molecule has 0 radical (unpaired) electrons. The van der Waals surface area contributed by atoms with Crippen LogP contribution in [0.2, 0.25) is 5.02 Å². The van der Waals surface area contributed by atoms with Gasteiger partial charge in [-0.1, -0.05) is 30.7 Å². The molecule has 0 unspecified atom stereocenters. The van der Waals surface area contributed by atoms with Crippen molar-refractivity contribution in [3.05, 3.63) is 82.0 Å². The van der Waals surface area contributed by atoms with E-state index in [9.17, 15) is 13.2 Å². The number of nitrogens with zero attached hydrogens (tertiary/aromatic N) is 6. The predicted octanol–water partition coefficient (Wildman–Crippen LogP) is 2.87. The van der Waals surface area contributed by atoms with Crippen LogP contribution in [-0.4, -0.2) is 57.2 Å². The molecular weight excluding hydrogens is 534 g/mol. The maximum absolute atomic E-state index is 13.5. The Balaban J connectivity index is 1.80. The van der Waals surface area contributed by atoms with Crippen LogP contribution < -0.4 is 19.8 Å². The van der Waals surface area contributed by atoms with Crippen LogP contribution in [0.25, 0.3) is 5.69 Å². The molecule has 12 nitrogen and oxygen atoms in total.